The van der Waals surface area contributed by atoms with Crippen LogP contribution in [-0.2, 0) is 0 Å². The molecule has 108 valence electrons. The molecule has 0 unspecified atom stereocenters. The topological polar surface area (TPSA) is 56.3 Å². The minimum absolute atomic E-state index is 0.0263. The summed E-state index contributed by atoms with van der Waals surface area (Å²) in [5, 5.41) is 18.6. The Morgan fingerprint density at radius 2 is 1.43 bits per heavy atom. The van der Waals surface area contributed by atoms with Crippen molar-refractivity contribution >= 4 is 11.1 Å². The predicted octanol–water partition coefficient (Wildman–Crippen LogP) is 4.59. The first-order valence-electron chi connectivity index (χ1n) is 6.95. The van der Waals surface area contributed by atoms with Crippen molar-refractivity contribution in [3.63, 3.8) is 0 Å². The van der Waals surface area contributed by atoms with Crippen molar-refractivity contribution in [1.82, 2.24) is 0 Å². The molecule has 0 saturated carbocycles. The number of hydrogen-bond donors (Lipinski definition) is 0. The van der Waals surface area contributed by atoms with E-state index in [1.165, 1.54) is 0 Å². The quantitative estimate of drug-likeness (QED) is 0.562. The van der Waals surface area contributed by atoms with E-state index in [1.807, 2.05) is 56.3 Å². The summed E-state index contributed by atoms with van der Waals surface area (Å²) in [7, 11) is 0. The van der Waals surface area contributed by atoms with E-state index in [0.717, 1.165) is 11.1 Å². The predicted molar refractivity (Wildman–Crippen MR) is 87.6 cm³/mol. The van der Waals surface area contributed by atoms with Crippen molar-refractivity contribution in [2.45, 2.75) is 13.8 Å². The van der Waals surface area contributed by atoms with Gasteiger partial charge in [0.15, 0.2) is 0 Å². The van der Waals surface area contributed by atoms with E-state index in [-0.39, 0.29) is 17.3 Å². The van der Waals surface area contributed by atoms with Gasteiger partial charge in [-0.05, 0) is 22.6 Å². The van der Waals surface area contributed by atoms with Gasteiger partial charge in [0.25, 0.3) is 11.4 Å². The second kappa shape index (κ2) is 6.44. The zero-order valence-electron chi connectivity index (χ0n) is 12.8. The molecule has 0 bridgehead atoms. The SMILES string of the molecule is [C-]#[N+]/C(C#N)=C1\C(=CC(C)C)/C(=C(/C#N)[N+]#[C-])c2ccccc21. The fraction of sp³-hybridized carbons (Fsp3) is 0.158. The third kappa shape index (κ3) is 2.63. The lowest BCUT2D eigenvalue weighted by atomic mass is 9.97. The summed E-state index contributed by atoms with van der Waals surface area (Å²) < 4.78 is 0. The summed E-state index contributed by atoms with van der Waals surface area (Å²) in [6.07, 6.45) is 1.90. The first-order chi connectivity index (χ1) is 11.1. The zero-order valence-corrected chi connectivity index (χ0v) is 12.8. The molecule has 0 heterocycles. The fourth-order valence-corrected chi connectivity index (χ4v) is 2.62. The van der Waals surface area contributed by atoms with Crippen LogP contribution in [-0.4, -0.2) is 0 Å². The van der Waals surface area contributed by atoms with Gasteiger partial charge >= 0.3 is 0 Å². The maximum atomic E-state index is 9.31. The molecule has 0 aliphatic heterocycles. The van der Waals surface area contributed by atoms with Crippen LogP contribution in [0.2, 0.25) is 0 Å². The van der Waals surface area contributed by atoms with Crippen LogP contribution in [0.4, 0.5) is 0 Å². The Balaban J connectivity index is 3.04. The van der Waals surface area contributed by atoms with Crippen molar-refractivity contribution < 1.29 is 0 Å². The van der Waals surface area contributed by atoms with Crippen LogP contribution in [0.15, 0.2) is 47.3 Å². The number of hydrogen-bond acceptors (Lipinski definition) is 2. The fourth-order valence-electron chi connectivity index (χ4n) is 2.62. The van der Waals surface area contributed by atoms with Crippen LogP contribution in [0, 0.1) is 41.7 Å². The standard InChI is InChI=1S/C19H12N4/c1-12(2)9-15-18(16(10-20)22-3)13-7-5-6-8-14(13)19(15)17(11-21)23-4/h5-9,12H,1-2H3/b18-16-,19-17-. The van der Waals surface area contributed by atoms with Gasteiger partial charge in [0.1, 0.15) is 0 Å². The highest BCUT2D eigenvalue weighted by atomic mass is 14.7. The van der Waals surface area contributed by atoms with Crippen LogP contribution in [0.3, 0.4) is 0 Å². The van der Waals surface area contributed by atoms with E-state index in [2.05, 4.69) is 9.69 Å². The number of rotatable bonds is 1. The molecule has 1 aliphatic rings. The summed E-state index contributed by atoms with van der Waals surface area (Å²) in [6.45, 7) is 18.5. The van der Waals surface area contributed by atoms with Crippen molar-refractivity contribution in [3.05, 3.63) is 81.3 Å². The van der Waals surface area contributed by atoms with Crippen LogP contribution < -0.4 is 0 Å². The highest BCUT2D eigenvalue weighted by Gasteiger charge is 2.31. The molecule has 0 amide bonds. The van der Waals surface area contributed by atoms with E-state index in [9.17, 15) is 10.5 Å². The second-order valence-electron chi connectivity index (χ2n) is 5.26. The van der Waals surface area contributed by atoms with Gasteiger partial charge in [-0.15, -0.1) is 0 Å². The van der Waals surface area contributed by atoms with Crippen molar-refractivity contribution in [2.75, 3.05) is 0 Å². The monoisotopic (exact) mass is 296 g/mol. The van der Waals surface area contributed by atoms with E-state index in [0.29, 0.717) is 16.7 Å². The van der Waals surface area contributed by atoms with E-state index in [1.54, 1.807) is 0 Å². The molecule has 0 aromatic heterocycles. The minimum Gasteiger partial charge on any atom is -0.226 e. The van der Waals surface area contributed by atoms with E-state index < -0.39 is 0 Å². The highest BCUT2D eigenvalue weighted by Crippen LogP contribution is 2.48. The van der Waals surface area contributed by atoms with Gasteiger partial charge in [-0.3, -0.25) is 0 Å². The molecule has 4 heteroatoms. The molecule has 2 rings (SSSR count). The third-order valence-corrected chi connectivity index (χ3v) is 3.41. The van der Waals surface area contributed by atoms with Gasteiger partial charge in [0.05, 0.1) is 25.3 Å². The summed E-state index contributed by atoms with van der Waals surface area (Å²) >= 11 is 0. The Hall–Kier alpha value is -3.60. The van der Waals surface area contributed by atoms with Gasteiger partial charge in [0, 0.05) is 11.1 Å². The Bertz CT molecular complexity index is 826. The van der Waals surface area contributed by atoms with Gasteiger partial charge in [-0.25, -0.2) is 20.2 Å². The molecule has 0 atom stereocenters. The molecule has 0 fully saturated rings. The van der Waals surface area contributed by atoms with Gasteiger partial charge in [-0.1, -0.05) is 44.2 Å². The third-order valence-electron chi connectivity index (χ3n) is 3.41. The number of nitrogens with zero attached hydrogens (tertiary/aromatic N) is 4. The maximum Gasteiger partial charge on any atom is 0.270 e. The molecule has 0 N–H and O–H groups in total. The number of benzene rings is 1. The number of nitriles is 2. The largest absolute Gasteiger partial charge is 0.270 e. The van der Waals surface area contributed by atoms with E-state index >= 15 is 0 Å². The smallest absolute Gasteiger partial charge is 0.226 e. The van der Waals surface area contributed by atoms with Crippen molar-refractivity contribution in [2.24, 2.45) is 5.92 Å². The summed E-state index contributed by atoms with van der Waals surface area (Å²) in [5.74, 6) is 0.140. The number of fused-ring (bicyclic) bond motifs is 1. The lowest BCUT2D eigenvalue weighted by Crippen LogP contribution is -1.91. The Kier molecular flexibility index (Phi) is 4.42. The second-order valence-corrected chi connectivity index (χ2v) is 5.26. The normalized spacial score (nSPS) is 16.6. The molecule has 0 radical (unpaired) electrons. The summed E-state index contributed by atoms with van der Waals surface area (Å²) in [5.41, 5.74) is 3.04. The lowest BCUT2D eigenvalue weighted by Gasteiger charge is -2.07. The summed E-state index contributed by atoms with van der Waals surface area (Å²) in [6, 6.07) is 11.1. The molecule has 1 aromatic rings. The lowest BCUT2D eigenvalue weighted by molar-refractivity contribution is 0.829. The molecule has 1 aromatic carbocycles. The van der Waals surface area contributed by atoms with Crippen LogP contribution >= 0.6 is 0 Å². The van der Waals surface area contributed by atoms with Gasteiger partial charge in [-0.2, -0.15) is 0 Å². The molecule has 4 nitrogen and oxygen atoms in total. The molecule has 23 heavy (non-hydrogen) atoms. The van der Waals surface area contributed by atoms with Crippen LogP contribution in [0.25, 0.3) is 20.8 Å². The Morgan fingerprint density at radius 3 is 1.74 bits per heavy atom. The molecular weight excluding hydrogens is 284 g/mol. The van der Waals surface area contributed by atoms with Crippen LogP contribution in [0.1, 0.15) is 25.0 Å². The maximum absolute atomic E-state index is 9.31. The van der Waals surface area contributed by atoms with Gasteiger partial charge < -0.3 is 0 Å². The minimum atomic E-state index is -0.0263. The van der Waals surface area contributed by atoms with Gasteiger partial charge in [0.2, 0.25) is 0 Å². The Labute approximate surface area is 135 Å². The summed E-state index contributed by atoms with van der Waals surface area (Å²) in [4.78, 5) is 6.67. The first-order valence-corrected chi connectivity index (χ1v) is 6.95. The molecule has 0 spiro atoms. The average Bonchev–Trinajstić information content (AvgIpc) is 2.85. The van der Waals surface area contributed by atoms with E-state index in [4.69, 9.17) is 13.1 Å². The Morgan fingerprint density at radius 1 is 1.00 bits per heavy atom. The molecule has 1 aliphatic carbocycles. The molecule has 0 saturated heterocycles. The van der Waals surface area contributed by atoms with Crippen LogP contribution in [0.5, 0.6) is 0 Å². The molecular formula is C19H12N4. The average molecular weight is 296 g/mol. The highest BCUT2D eigenvalue weighted by molar-refractivity contribution is 6.11. The van der Waals surface area contributed by atoms with Crippen molar-refractivity contribution in [1.29, 1.82) is 10.5 Å². The zero-order chi connectivity index (χ0) is 17.0. The van der Waals surface area contributed by atoms with Crippen molar-refractivity contribution in [3.8, 4) is 12.1 Å². The first kappa shape index (κ1) is 15.8. The number of allylic oxidation sites excluding steroid dienone is 6.